The van der Waals surface area contributed by atoms with Crippen LogP contribution >= 0.6 is 11.8 Å². The van der Waals surface area contributed by atoms with Crippen LogP contribution < -0.4 is 4.74 Å². The summed E-state index contributed by atoms with van der Waals surface area (Å²) in [5.41, 5.74) is 0. The Morgan fingerprint density at radius 3 is 3.12 bits per heavy atom. The summed E-state index contributed by atoms with van der Waals surface area (Å²) < 4.78 is 19.4. The number of hydrogen-bond donors (Lipinski definition) is 0. The normalized spacial score (nSPS) is 27.1. The van der Waals surface area contributed by atoms with Gasteiger partial charge in [-0.25, -0.2) is 9.37 Å². The third-order valence-electron chi connectivity index (χ3n) is 3.29. The van der Waals surface area contributed by atoms with Gasteiger partial charge in [-0.1, -0.05) is 0 Å². The highest BCUT2D eigenvalue weighted by molar-refractivity contribution is 8.01. The van der Waals surface area contributed by atoms with Crippen LogP contribution in [0, 0.1) is 5.82 Å². The highest BCUT2D eigenvalue weighted by Gasteiger charge is 2.48. The Bertz CT molecular complexity index is 423. The van der Waals surface area contributed by atoms with Gasteiger partial charge in [0.1, 0.15) is 6.10 Å². The summed E-state index contributed by atoms with van der Waals surface area (Å²) in [7, 11) is 2.12. The van der Waals surface area contributed by atoms with Crippen LogP contribution in [0.2, 0.25) is 0 Å². The predicted octanol–water partition coefficient (Wildman–Crippen LogP) is 1.79. The lowest BCUT2D eigenvalue weighted by Gasteiger charge is -2.45. The summed E-state index contributed by atoms with van der Waals surface area (Å²) in [6, 6.07) is 2.96. The van der Waals surface area contributed by atoms with Crippen LogP contribution in [-0.2, 0) is 0 Å². The lowest BCUT2D eigenvalue weighted by atomic mass is 9.94. The lowest BCUT2D eigenvalue weighted by Crippen LogP contribution is -2.56. The first-order valence-electron chi connectivity index (χ1n) is 5.77. The first kappa shape index (κ1) is 11.3. The molecule has 1 aromatic heterocycles. The van der Waals surface area contributed by atoms with Gasteiger partial charge in [0.15, 0.2) is 5.82 Å². The first-order chi connectivity index (χ1) is 8.17. The molecule has 0 unspecified atom stereocenters. The lowest BCUT2D eigenvalue weighted by molar-refractivity contribution is 0.118. The topological polar surface area (TPSA) is 25.4 Å². The third kappa shape index (κ3) is 2.13. The van der Waals surface area contributed by atoms with E-state index in [9.17, 15) is 4.39 Å². The number of ether oxygens (including phenoxy) is 1. The van der Waals surface area contributed by atoms with Crippen molar-refractivity contribution < 1.29 is 9.13 Å². The molecule has 0 saturated carbocycles. The van der Waals surface area contributed by atoms with Gasteiger partial charge >= 0.3 is 0 Å². The van der Waals surface area contributed by atoms with Gasteiger partial charge in [-0.05, 0) is 19.2 Å². The molecular formula is C12H15FN2OS. The molecule has 0 aliphatic carbocycles. The van der Waals surface area contributed by atoms with Gasteiger partial charge in [0.2, 0.25) is 0 Å². The second-order valence-corrected chi connectivity index (χ2v) is 6.39. The predicted molar refractivity (Wildman–Crippen MR) is 65.9 cm³/mol. The van der Waals surface area contributed by atoms with Crippen molar-refractivity contribution in [1.82, 2.24) is 9.88 Å². The van der Waals surface area contributed by atoms with Crippen LogP contribution in [0.15, 0.2) is 18.3 Å². The second kappa shape index (κ2) is 4.14. The Hall–Kier alpha value is -0.810. The number of hydrogen-bond acceptors (Lipinski definition) is 4. The summed E-state index contributed by atoms with van der Waals surface area (Å²) in [4.78, 5) is 6.23. The van der Waals surface area contributed by atoms with Crippen molar-refractivity contribution in [3.8, 4) is 5.88 Å². The van der Waals surface area contributed by atoms with E-state index in [1.807, 2.05) is 11.8 Å². The summed E-state index contributed by atoms with van der Waals surface area (Å²) in [6.07, 6.45) is 2.66. The summed E-state index contributed by atoms with van der Waals surface area (Å²) >= 11 is 1.95. The van der Waals surface area contributed by atoms with Gasteiger partial charge in [-0.15, -0.1) is 11.8 Å². The van der Waals surface area contributed by atoms with E-state index in [0.717, 1.165) is 25.3 Å². The average molecular weight is 254 g/mol. The van der Waals surface area contributed by atoms with Crippen LogP contribution in [-0.4, -0.2) is 46.6 Å². The maximum absolute atomic E-state index is 13.4. The molecule has 2 saturated heterocycles. The molecular weight excluding hydrogens is 239 g/mol. The number of halogens is 1. The summed E-state index contributed by atoms with van der Waals surface area (Å²) in [5.74, 6) is 0.705. The zero-order valence-electron chi connectivity index (χ0n) is 9.73. The SMILES string of the molecule is CN1CC2(C[C@H](Oc3ncccc3F)CS2)C1. The zero-order valence-corrected chi connectivity index (χ0v) is 10.5. The standard InChI is InChI=1S/C12H15FN2OS/c1-15-7-12(8-15)5-9(6-17-12)16-11-10(13)3-2-4-14-11/h2-4,9H,5-8H2,1H3/t9-/m0/s1. The van der Waals surface area contributed by atoms with E-state index in [2.05, 4.69) is 16.9 Å². The van der Waals surface area contributed by atoms with Crippen LogP contribution in [0.4, 0.5) is 4.39 Å². The largest absolute Gasteiger partial charge is 0.471 e. The summed E-state index contributed by atoms with van der Waals surface area (Å²) in [5, 5.41) is 0. The molecule has 1 atom stereocenters. The van der Waals surface area contributed by atoms with Crippen LogP contribution in [0.3, 0.4) is 0 Å². The molecule has 0 radical (unpaired) electrons. The van der Waals surface area contributed by atoms with Crippen molar-refractivity contribution >= 4 is 11.8 Å². The van der Waals surface area contributed by atoms with Crippen molar-refractivity contribution in [1.29, 1.82) is 0 Å². The fourth-order valence-electron chi connectivity index (χ4n) is 2.65. The first-order valence-corrected chi connectivity index (χ1v) is 6.75. The molecule has 5 heteroatoms. The zero-order chi connectivity index (χ0) is 11.9. The molecule has 0 bridgehead atoms. The number of pyridine rings is 1. The highest BCUT2D eigenvalue weighted by Crippen LogP contribution is 2.45. The number of nitrogens with zero attached hydrogens (tertiary/aromatic N) is 2. The number of likely N-dealkylation sites (tertiary alicyclic amines) is 1. The molecule has 0 aromatic carbocycles. The van der Waals surface area contributed by atoms with Gasteiger partial charge in [-0.3, -0.25) is 0 Å². The molecule has 3 rings (SSSR count). The molecule has 1 aromatic rings. The molecule has 92 valence electrons. The van der Waals surface area contributed by atoms with E-state index >= 15 is 0 Å². The van der Waals surface area contributed by atoms with Crippen molar-refractivity contribution in [2.75, 3.05) is 25.9 Å². The van der Waals surface area contributed by atoms with Crippen molar-refractivity contribution in [3.05, 3.63) is 24.1 Å². The van der Waals surface area contributed by atoms with Gasteiger partial charge < -0.3 is 9.64 Å². The molecule has 0 N–H and O–H groups in total. The van der Waals surface area contributed by atoms with E-state index in [1.165, 1.54) is 6.07 Å². The Labute approximate surface area is 104 Å². The van der Waals surface area contributed by atoms with E-state index in [0.29, 0.717) is 4.75 Å². The van der Waals surface area contributed by atoms with E-state index in [1.54, 1.807) is 12.3 Å². The quantitative estimate of drug-likeness (QED) is 0.803. The minimum atomic E-state index is -0.371. The van der Waals surface area contributed by atoms with Gasteiger partial charge in [0.25, 0.3) is 5.88 Å². The molecule has 3 heterocycles. The molecule has 3 nitrogen and oxygen atoms in total. The Kier molecular flexibility index (Phi) is 2.75. The second-order valence-electron chi connectivity index (χ2n) is 4.90. The van der Waals surface area contributed by atoms with Crippen LogP contribution in [0.1, 0.15) is 6.42 Å². The minimum absolute atomic E-state index is 0.0955. The van der Waals surface area contributed by atoms with Crippen LogP contribution in [0.25, 0.3) is 0 Å². The van der Waals surface area contributed by atoms with E-state index < -0.39 is 0 Å². The monoisotopic (exact) mass is 254 g/mol. The number of thioether (sulfide) groups is 1. The molecule has 2 aliphatic rings. The van der Waals surface area contributed by atoms with Crippen LogP contribution in [0.5, 0.6) is 5.88 Å². The number of aromatic nitrogens is 1. The Morgan fingerprint density at radius 1 is 1.59 bits per heavy atom. The molecule has 2 aliphatic heterocycles. The minimum Gasteiger partial charge on any atom is -0.471 e. The van der Waals surface area contributed by atoms with E-state index in [4.69, 9.17) is 4.74 Å². The molecule has 2 fully saturated rings. The number of rotatable bonds is 2. The Morgan fingerprint density at radius 2 is 2.41 bits per heavy atom. The van der Waals surface area contributed by atoms with Crippen molar-refractivity contribution in [3.63, 3.8) is 0 Å². The Balaban J connectivity index is 1.63. The smallest absolute Gasteiger partial charge is 0.250 e. The summed E-state index contributed by atoms with van der Waals surface area (Å²) in [6.45, 7) is 2.23. The molecule has 0 amide bonds. The average Bonchev–Trinajstić information content (AvgIpc) is 2.65. The van der Waals surface area contributed by atoms with Gasteiger partial charge in [0.05, 0.1) is 0 Å². The van der Waals surface area contributed by atoms with Crippen molar-refractivity contribution in [2.24, 2.45) is 0 Å². The van der Waals surface area contributed by atoms with E-state index in [-0.39, 0.29) is 17.8 Å². The fraction of sp³-hybridized carbons (Fsp3) is 0.583. The van der Waals surface area contributed by atoms with Crippen molar-refractivity contribution in [2.45, 2.75) is 17.3 Å². The van der Waals surface area contributed by atoms with Gasteiger partial charge in [-0.2, -0.15) is 0 Å². The van der Waals surface area contributed by atoms with Gasteiger partial charge in [0, 0.05) is 36.2 Å². The third-order valence-corrected chi connectivity index (χ3v) is 4.87. The molecule has 17 heavy (non-hydrogen) atoms. The maximum Gasteiger partial charge on any atom is 0.250 e. The highest BCUT2D eigenvalue weighted by atomic mass is 32.2. The fourth-order valence-corrected chi connectivity index (χ4v) is 4.30. The maximum atomic E-state index is 13.4. The molecule has 1 spiro atoms.